The summed E-state index contributed by atoms with van der Waals surface area (Å²) >= 11 is 0. The van der Waals surface area contributed by atoms with Crippen molar-refractivity contribution in [2.75, 3.05) is 48.4 Å². The predicted molar refractivity (Wildman–Crippen MR) is 177 cm³/mol. The van der Waals surface area contributed by atoms with Gasteiger partial charge in [0, 0.05) is 69.0 Å². The third kappa shape index (κ3) is 6.67. The van der Waals surface area contributed by atoms with Crippen LogP contribution in [-0.2, 0) is 22.5 Å². The number of fused-ring (bicyclic) bond motifs is 1. The summed E-state index contributed by atoms with van der Waals surface area (Å²) in [6.45, 7) is 17.5. The maximum atomic E-state index is 12.8. The summed E-state index contributed by atoms with van der Waals surface area (Å²) in [5, 5.41) is 10.5. The zero-order valence-electron chi connectivity index (χ0n) is 27.9. The van der Waals surface area contributed by atoms with E-state index >= 15 is 0 Å². The molecule has 0 bridgehead atoms. The molecule has 1 fully saturated rings. The lowest BCUT2D eigenvalue weighted by Crippen LogP contribution is -2.39. The Kier molecular flexibility index (Phi) is 8.64. The number of aryl methyl sites for hydroxylation is 2. The van der Waals surface area contributed by atoms with Crippen molar-refractivity contribution in [1.29, 1.82) is 0 Å². The Bertz CT molecular complexity index is 1530. The van der Waals surface area contributed by atoms with Crippen LogP contribution in [-0.4, -0.2) is 65.4 Å². The topological polar surface area (TPSA) is 94.9 Å². The molecule has 0 amide bonds. The molecule has 5 rings (SSSR count). The summed E-state index contributed by atoms with van der Waals surface area (Å²) in [5.41, 5.74) is 7.42. The van der Waals surface area contributed by atoms with Gasteiger partial charge in [0.1, 0.15) is 5.82 Å². The molecule has 0 radical (unpaired) electrons. The Morgan fingerprint density at radius 3 is 2.34 bits per heavy atom. The van der Waals surface area contributed by atoms with Gasteiger partial charge in [0.2, 0.25) is 5.95 Å². The van der Waals surface area contributed by atoms with Gasteiger partial charge in [-0.25, -0.2) is 9.78 Å². The van der Waals surface area contributed by atoms with Crippen molar-refractivity contribution < 1.29 is 14.6 Å². The first-order chi connectivity index (χ1) is 20.6. The van der Waals surface area contributed by atoms with Gasteiger partial charge < -0.3 is 24.5 Å². The highest BCUT2D eigenvalue weighted by Crippen LogP contribution is 2.45. The summed E-state index contributed by atoms with van der Waals surface area (Å²) in [5.74, 6) is 0.630. The van der Waals surface area contributed by atoms with E-state index in [0.29, 0.717) is 11.3 Å². The second-order valence-electron chi connectivity index (χ2n) is 14.3. The second kappa shape index (κ2) is 12.0. The molecule has 2 aromatic heterocycles. The molecule has 3 aromatic rings. The lowest BCUT2D eigenvalue weighted by Gasteiger charge is -2.41. The highest BCUT2D eigenvalue weighted by atomic mass is 16.5. The average Bonchev–Trinajstić information content (AvgIpc) is 2.95. The Balaban J connectivity index is 1.59. The largest absolute Gasteiger partial charge is 0.479 e. The van der Waals surface area contributed by atoms with Crippen LogP contribution in [0.2, 0.25) is 0 Å². The number of carboxylic acids is 1. The molecule has 1 N–H and O–H groups in total. The molecule has 0 saturated carbocycles. The smallest absolute Gasteiger partial charge is 0.337 e. The molecule has 9 nitrogen and oxygen atoms in total. The number of ether oxygens (including phenoxy) is 1. The number of benzene rings is 1. The molecular weight excluding hydrogens is 552 g/mol. The van der Waals surface area contributed by atoms with E-state index in [1.54, 1.807) is 0 Å². The van der Waals surface area contributed by atoms with E-state index in [2.05, 4.69) is 46.8 Å². The average molecular weight is 601 g/mol. The fourth-order valence-electron chi connectivity index (χ4n) is 6.37. The highest BCUT2D eigenvalue weighted by Gasteiger charge is 2.36. The number of pyridine rings is 1. The summed E-state index contributed by atoms with van der Waals surface area (Å²) in [7, 11) is 3.97. The van der Waals surface area contributed by atoms with Crippen LogP contribution in [0.3, 0.4) is 0 Å². The minimum absolute atomic E-state index is 0.246. The van der Waals surface area contributed by atoms with Crippen molar-refractivity contribution >= 4 is 23.4 Å². The number of aromatic nitrogens is 3. The molecular formula is C35H48N6O3. The molecule has 2 aliphatic heterocycles. The minimum atomic E-state index is -1.13. The van der Waals surface area contributed by atoms with E-state index in [-0.39, 0.29) is 5.41 Å². The first-order valence-corrected chi connectivity index (χ1v) is 15.7. The van der Waals surface area contributed by atoms with Crippen LogP contribution in [0.5, 0.6) is 0 Å². The first kappa shape index (κ1) is 31.7. The number of rotatable bonds is 7. The van der Waals surface area contributed by atoms with Gasteiger partial charge in [0.25, 0.3) is 0 Å². The maximum absolute atomic E-state index is 12.8. The van der Waals surface area contributed by atoms with Crippen molar-refractivity contribution in [3.05, 3.63) is 58.5 Å². The third-order valence-corrected chi connectivity index (χ3v) is 8.85. The lowest BCUT2D eigenvalue weighted by molar-refractivity contribution is -0.160. The summed E-state index contributed by atoms with van der Waals surface area (Å²) in [4.78, 5) is 33.7. The number of hydrogen-bond acceptors (Lipinski definition) is 8. The van der Waals surface area contributed by atoms with Crippen molar-refractivity contribution in [3.8, 4) is 11.1 Å². The number of carboxylic acid groups (broad SMARTS) is 1. The van der Waals surface area contributed by atoms with Crippen LogP contribution >= 0.6 is 0 Å². The molecule has 236 valence electrons. The van der Waals surface area contributed by atoms with Gasteiger partial charge >= 0.3 is 5.97 Å². The molecule has 0 spiro atoms. The fourth-order valence-corrected chi connectivity index (χ4v) is 6.37. The maximum Gasteiger partial charge on any atom is 0.337 e. The van der Waals surface area contributed by atoms with E-state index in [4.69, 9.17) is 14.7 Å². The monoisotopic (exact) mass is 600 g/mol. The van der Waals surface area contributed by atoms with Gasteiger partial charge in [-0.2, -0.15) is 4.98 Å². The fraction of sp³-hybridized carbons (Fsp3) is 0.543. The van der Waals surface area contributed by atoms with E-state index in [9.17, 15) is 9.90 Å². The van der Waals surface area contributed by atoms with Gasteiger partial charge in [0.05, 0.1) is 11.3 Å². The molecule has 9 heteroatoms. The molecule has 1 aromatic carbocycles. The van der Waals surface area contributed by atoms with Gasteiger partial charge in [-0.1, -0.05) is 32.0 Å². The second-order valence-corrected chi connectivity index (χ2v) is 14.3. The molecule has 1 atom stereocenters. The standard InChI is InChI=1S/C35H48N6O3/c1-22-28(25-10-11-26-21-41(17-13-24(26)20-25)33-36-16-12-27(38-33)39(8)9)30(40-18-14-35(6,7)15-19-40)29(23(2)37-22)31(32(42)43)44-34(3,4)5/h10-12,16,20,31H,13-15,17-19,21H2,1-9H3,(H,42,43)/t31-/m0/s1. The highest BCUT2D eigenvalue weighted by molar-refractivity contribution is 5.88. The summed E-state index contributed by atoms with van der Waals surface area (Å²) in [6.07, 6.45) is 3.61. The predicted octanol–water partition coefficient (Wildman–Crippen LogP) is 6.35. The number of anilines is 3. The summed E-state index contributed by atoms with van der Waals surface area (Å²) < 4.78 is 6.25. The number of nitrogens with zero attached hydrogens (tertiary/aromatic N) is 6. The van der Waals surface area contributed by atoms with E-state index in [1.165, 1.54) is 11.1 Å². The van der Waals surface area contributed by atoms with Gasteiger partial charge in [0.15, 0.2) is 6.10 Å². The third-order valence-electron chi connectivity index (χ3n) is 8.85. The van der Waals surface area contributed by atoms with Crippen LogP contribution < -0.4 is 14.7 Å². The zero-order chi connectivity index (χ0) is 32.0. The molecule has 0 unspecified atom stereocenters. The van der Waals surface area contributed by atoms with Crippen LogP contribution in [0.4, 0.5) is 17.5 Å². The van der Waals surface area contributed by atoms with Gasteiger partial charge in [-0.3, -0.25) is 4.98 Å². The van der Waals surface area contributed by atoms with Gasteiger partial charge in [-0.05, 0) is 82.1 Å². The minimum Gasteiger partial charge on any atom is -0.479 e. The first-order valence-electron chi connectivity index (χ1n) is 15.7. The summed E-state index contributed by atoms with van der Waals surface area (Å²) in [6, 6.07) is 8.57. The SMILES string of the molecule is Cc1nc(C)c([C@H](OC(C)(C)C)C(=O)O)c(N2CCC(C)(C)CC2)c1-c1ccc2c(c1)CCN(c1nccc(N(C)C)n1)C2. The number of piperidine rings is 1. The molecule has 0 aliphatic carbocycles. The van der Waals surface area contributed by atoms with Crippen molar-refractivity contribution in [2.45, 2.75) is 86.0 Å². The normalized spacial score (nSPS) is 17.3. The van der Waals surface area contributed by atoms with Crippen LogP contribution in [0, 0.1) is 19.3 Å². The van der Waals surface area contributed by atoms with Crippen LogP contribution in [0.15, 0.2) is 30.5 Å². The molecule has 4 heterocycles. The van der Waals surface area contributed by atoms with E-state index in [0.717, 1.165) is 79.7 Å². The molecule has 44 heavy (non-hydrogen) atoms. The Labute approximate surface area is 262 Å². The number of carbonyl (C=O) groups is 1. The van der Waals surface area contributed by atoms with Gasteiger partial charge in [-0.15, -0.1) is 0 Å². The van der Waals surface area contributed by atoms with Crippen molar-refractivity contribution in [3.63, 3.8) is 0 Å². The Hall–Kier alpha value is -3.72. The van der Waals surface area contributed by atoms with Crippen molar-refractivity contribution in [2.24, 2.45) is 5.41 Å². The van der Waals surface area contributed by atoms with Crippen LogP contribution in [0.1, 0.15) is 81.6 Å². The Morgan fingerprint density at radius 2 is 1.70 bits per heavy atom. The lowest BCUT2D eigenvalue weighted by atomic mass is 9.81. The number of hydrogen-bond donors (Lipinski definition) is 1. The van der Waals surface area contributed by atoms with Crippen LogP contribution in [0.25, 0.3) is 11.1 Å². The zero-order valence-corrected chi connectivity index (χ0v) is 27.9. The quantitative estimate of drug-likeness (QED) is 0.333. The Morgan fingerprint density at radius 1 is 1.00 bits per heavy atom. The number of aliphatic carboxylic acids is 1. The van der Waals surface area contributed by atoms with E-state index < -0.39 is 17.7 Å². The molecule has 1 saturated heterocycles. The van der Waals surface area contributed by atoms with E-state index in [1.807, 2.05) is 65.9 Å². The van der Waals surface area contributed by atoms with Crippen molar-refractivity contribution in [1.82, 2.24) is 15.0 Å². The molecule has 2 aliphatic rings.